The van der Waals surface area contributed by atoms with Crippen LogP contribution in [0.25, 0.3) is 0 Å². The van der Waals surface area contributed by atoms with Crippen molar-refractivity contribution in [1.29, 1.82) is 0 Å². The van der Waals surface area contributed by atoms with E-state index in [1.54, 1.807) is 39.8 Å². The van der Waals surface area contributed by atoms with Crippen LogP contribution in [0.2, 0.25) is 0 Å². The molecule has 126 valence electrons. The van der Waals surface area contributed by atoms with Crippen LogP contribution in [0.3, 0.4) is 0 Å². The SMILES string of the molecule is CC/C(=N\N(C)C(=O)OC(C)(C)C)C(C)C(=O)c1ccccc1. The first-order valence-corrected chi connectivity index (χ1v) is 7.79. The Morgan fingerprint density at radius 2 is 1.78 bits per heavy atom. The molecule has 1 atom stereocenters. The molecule has 0 aromatic heterocycles. The van der Waals surface area contributed by atoms with E-state index in [0.717, 1.165) is 5.01 Å². The molecule has 0 aliphatic rings. The van der Waals surface area contributed by atoms with E-state index in [1.807, 2.05) is 25.1 Å². The lowest BCUT2D eigenvalue weighted by Crippen LogP contribution is -2.33. The van der Waals surface area contributed by atoms with Crippen molar-refractivity contribution in [3.05, 3.63) is 35.9 Å². The molecule has 5 nitrogen and oxygen atoms in total. The van der Waals surface area contributed by atoms with Crippen LogP contribution in [0.1, 0.15) is 51.4 Å². The Labute approximate surface area is 138 Å². The smallest absolute Gasteiger partial charge is 0.430 e. The van der Waals surface area contributed by atoms with Gasteiger partial charge in [0.25, 0.3) is 0 Å². The molecule has 0 saturated heterocycles. The number of ether oxygens (including phenoxy) is 1. The third kappa shape index (κ3) is 5.85. The van der Waals surface area contributed by atoms with Gasteiger partial charge in [-0.3, -0.25) is 4.79 Å². The fourth-order valence-electron chi connectivity index (χ4n) is 2.03. The van der Waals surface area contributed by atoms with Crippen LogP contribution < -0.4 is 0 Å². The average Bonchev–Trinajstić information content (AvgIpc) is 2.50. The number of benzene rings is 1. The van der Waals surface area contributed by atoms with Crippen molar-refractivity contribution in [2.45, 2.75) is 46.6 Å². The first-order valence-electron chi connectivity index (χ1n) is 7.79. The topological polar surface area (TPSA) is 59.0 Å². The van der Waals surface area contributed by atoms with Gasteiger partial charge in [0.1, 0.15) is 5.60 Å². The summed E-state index contributed by atoms with van der Waals surface area (Å²) in [6.45, 7) is 9.11. The van der Waals surface area contributed by atoms with Gasteiger partial charge in [0.05, 0.1) is 5.92 Å². The molecule has 5 heteroatoms. The van der Waals surface area contributed by atoms with E-state index in [4.69, 9.17) is 4.74 Å². The van der Waals surface area contributed by atoms with Gasteiger partial charge in [-0.15, -0.1) is 0 Å². The number of ketones is 1. The summed E-state index contributed by atoms with van der Waals surface area (Å²) in [5.74, 6) is -0.406. The molecule has 0 spiro atoms. The minimum absolute atomic E-state index is 0.0104. The molecule has 1 unspecified atom stereocenters. The molecule has 0 aliphatic heterocycles. The molecular formula is C18H26N2O3. The molecule has 0 saturated carbocycles. The third-order valence-electron chi connectivity index (χ3n) is 3.25. The van der Waals surface area contributed by atoms with Gasteiger partial charge in [-0.25, -0.2) is 9.80 Å². The summed E-state index contributed by atoms with van der Waals surface area (Å²) in [6, 6.07) is 9.09. The van der Waals surface area contributed by atoms with Gasteiger partial charge >= 0.3 is 6.09 Å². The summed E-state index contributed by atoms with van der Waals surface area (Å²) >= 11 is 0. The summed E-state index contributed by atoms with van der Waals surface area (Å²) in [7, 11) is 1.53. The summed E-state index contributed by atoms with van der Waals surface area (Å²) in [4.78, 5) is 24.5. The van der Waals surface area contributed by atoms with Crippen molar-refractivity contribution >= 4 is 17.6 Å². The predicted octanol–water partition coefficient (Wildman–Crippen LogP) is 4.14. The van der Waals surface area contributed by atoms with Crippen molar-refractivity contribution < 1.29 is 14.3 Å². The van der Waals surface area contributed by atoms with Crippen molar-refractivity contribution in [2.24, 2.45) is 11.0 Å². The zero-order valence-electron chi connectivity index (χ0n) is 14.8. The lowest BCUT2D eigenvalue weighted by molar-refractivity contribution is 0.0301. The van der Waals surface area contributed by atoms with Crippen LogP contribution in [-0.4, -0.2) is 35.2 Å². The molecule has 0 N–H and O–H groups in total. The predicted molar refractivity (Wildman–Crippen MR) is 91.7 cm³/mol. The summed E-state index contributed by atoms with van der Waals surface area (Å²) in [6.07, 6.45) is 0.0372. The number of nitrogens with zero attached hydrogens (tertiary/aromatic N) is 2. The normalized spacial score (nSPS) is 13.4. The quantitative estimate of drug-likeness (QED) is 0.466. The second-order valence-corrected chi connectivity index (χ2v) is 6.40. The zero-order valence-corrected chi connectivity index (χ0v) is 14.8. The highest BCUT2D eigenvalue weighted by atomic mass is 16.6. The van der Waals surface area contributed by atoms with Crippen LogP contribution in [0.4, 0.5) is 4.79 Å². The molecule has 1 aromatic carbocycles. The van der Waals surface area contributed by atoms with Crippen LogP contribution in [-0.2, 0) is 4.74 Å². The first-order chi connectivity index (χ1) is 10.7. The minimum atomic E-state index is -0.585. The van der Waals surface area contributed by atoms with E-state index in [0.29, 0.717) is 17.7 Å². The lowest BCUT2D eigenvalue weighted by Gasteiger charge is -2.23. The molecule has 0 fully saturated rings. The maximum atomic E-state index is 12.5. The van der Waals surface area contributed by atoms with E-state index < -0.39 is 17.6 Å². The monoisotopic (exact) mass is 318 g/mol. The summed E-state index contributed by atoms with van der Waals surface area (Å²) in [5.41, 5.74) is 0.701. The Kier molecular flexibility index (Phi) is 6.49. The Bertz CT molecular complexity index is 574. The Morgan fingerprint density at radius 3 is 2.26 bits per heavy atom. The molecule has 23 heavy (non-hydrogen) atoms. The number of Topliss-reactive ketones (excluding diaryl/α,β-unsaturated/α-hetero) is 1. The Morgan fingerprint density at radius 1 is 1.22 bits per heavy atom. The van der Waals surface area contributed by atoms with Crippen LogP contribution >= 0.6 is 0 Å². The third-order valence-corrected chi connectivity index (χ3v) is 3.25. The van der Waals surface area contributed by atoms with E-state index in [-0.39, 0.29) is 5.78 Å². The largest absolute Gasteiger partial charge is 0.442 e. The molecule has 0 aliphatic carbocycles. The molecule has 0 heterocycles. The summed E-state index contributed by atoms with van der Waals surface area (Å²) in [5, 5.41) is 5.43. The summed E-state index contributed by atoms with van der Waals surface area (Å²) < 4.78 is 5.26. The first kappa shape index (κ1) is 18.9. The highest BCUT2D eigenvalue weighted by Crippen LogP contribution is 2.14. The van der Waals surface area contributed by atoms with Crippen molar-refractivity contribution in [1.82, 2.24) is 5.01 Å². The number of carbonyl (C=O) groups excluding carboxylic acids is 2. The number of carbonyl (C=O) groups is 2. The van der Waals surface area contributed by atoms with Gasteiger partial charge in [-0.05, 0) is 34.1 Å². The van der Waals surface area contributed by atoms with Gasteiger partial charge in [0, 0.05) is 18.3 Å². The van der Waals surface area contributed by atoms with Crippen LogP contribution in [0, 0.1) is 5.92 Å². The maximum Gasteiger partial charge on any atom is 0.430 e. The number of hydrogen-bond donors (Lipinski definition) is 0. The van der Waals surface area contributed by atoms with Crippen molar-refractivity contribution in [3.63, 3.8) is 0 Å². The molecule has 1 amide bonds. The second-order valence-electron chi connectivity index (χ2n) is 6.40. The molecule has 0 radical (unpaired) electrons. The standard InChI is InChI=1S/C18H26N2O3/c1-7-15(19-20(6)17(22)23-18(3,4)5)13(2)16(21)14-11-9-8-10-12-14/h8-13H,7H2,1-6H3/b19-15+. The highest BCUT2D eigenvalue weighted by Gasteiger charge is 2.23. The highest BCUT2D eigenvalue weighted by molar-refractivity contribution is 6.12. The van der Waals surface area contributed by atoms with Gasteiger partial charge < -0.3 is 4.74 Å². The average molecular weight is 318 g/mol. The molecule has 1 aromatic rings. The minimum Gasteiger partial charge on any atom is -0.442 e. The molecule has 0 bridgehead atoms. The molecule has 1 rings (SSSR count). The van der Waals surface area contributed by atoms with Crippen LogP contribution in [0.5, 0.6) is 0 Å². The lowest BCUT2D eigenvalue weighted by atomic mass is 9.93. The van der Waals surface area contributed by atoms with Gasteiger partial charge in [-0.2, -0.15) is 5.10 Å². The van der Waals surface area contributed by atoms with E-state index in [2.05, 4.69) is 5.10 Å². The number of amides is 1. The fraction of sp³-hybridized carbons (Fsp3) is 0.500. The molecular weight excluding hydrogens is 292 g/mol. The van der Waals surface area contributed by atoms with Gasteiger partial charge in [-0.1, -0.05) is 37.3 Å². The number of hydrogen-bond acceptors (Lipinski definition) is 4. The zero-order chi connectivity index (χ0) is 17.6. The Hall–Kier alpha value is -2.17. The number of hydrazone groups is 1. The van der Waals surface area contributed by atoms with Gasteiger partial charge in [0.2, 0.25) is 0 Å². The van der Waals surface area contributed by atoms with E-state index in [1.165, 1.54) is 7.05 Å². The van der Waals surface area contributed by atoms with Crippen molar-refractivity contribution in [3.8, 4) is 0 Å². The van der Waals surface area contributed by atoms with Gasteiger partial charge in [0.15, 0.2) is 5.78 Å². The fourth-order valence-corrected chi connectivity index (χ4v) is 2.03. The number of rotatable bonds is 5. The van der Waals surface area contributed by atoms with Crippen LogP contribution in [0.15, 0.2) is 35.4 Å². The second kappa shape index (κ2) is 7.90. The maximum absolute atomic E-state index is 12.5. The van der Waals surface area contributed by atoms with Crippen molar-refractivity contribution in [2.75, 3.05) is 7.05 Å². The van der Waals surface area contributed by atoms with E-state index in [9.17, 15) is 9.59 Å². The van der Waals surface area contributed by atoms with E-state index >= 15 is 0 Å². The Balaban J connectivity index is 2.89.